The van der Waals surface area contributed by atoms with E-state index in [9.17, 15) is 14.4 Å². The molecule has 31 heavy (non-hydrogen) atoms. The number of hydrogen-bond donors (Lipinski definition) is 2. The summed E-state index contributed by atoms with van der Waals surface area (Å²) in [6.45, 7) is 6.36. The van der Waals surface area contributed by atoms with Gasteiger partial charge in [-0.1, -0.05) is 6.07 Å². The lowest BCUT2D eigenvalue weighted by atomic mass is 10.0. The summed E-state index contributed by atoms with van der Waals surface area (Å²) in [5.74, 6) is -0.321. The molecule has 1 saturated heterocycles. The van der Waals surface area contributed by atoms with Crippen LogP contribution in [0.1, 0.15) is 60.9 Å². The molecule has 1 atom stereocenters. The van der Waals surface area contributed by atoms with Crippen LogP contribution < -0.4 is 10.6 Å². The van der Waals surface area contributed by atoms with Crippen LogP contribution in [0, 0.1) is 0 Å². The summed E-state index contributed by atoms with van der Waals surface area (Å²) < 4.78 is 10.4. The van der Waals surface area contributed by atoms with Crippen molar-refractivity contribution < 1.29 is 23.5 Å². The molecule has 1 aromatic carbocycles. The minimum atomic E-state index is -0.577. The predicted octanol–water partition coefficient (Wildman–Crippen LogP) is 4.05. The lowest BCUT2D eigenvalue weighted by Gasteiger charge is -2.36. The van der Waals surface area contributed by atoms with Crippen LogP contribution in [0.5, 0.6) is 0 Å². The number of benzene rings is 1. The van der Waals surface area contributed by atoms with Crippen LogP contribution in [0.25, 0.3) is 0 Å². The van der Waals surface area contributed by atoms with Crippen LogP contribution in [0.3, 0.4) is 0 Å². The highest BCUT2D eigenvalue weighted by atomic mass is 16.6. The summed E-state index contributed by atoms with van der Waals surface area (Å²) in [5.41, 5.74) is 0.404. The summed E-state index contributed by atoms with van der Waals surface area (Å²) in [6, 6.07) is 9.90. The minimum Gasteiger partial charge on any atom is -0.459 e. The molecule has 2 N–H and O–H groups in total. The monoisotopic (exact) mass is 427 g/mol. The Kier molecular flexibility index (Phi) is 6.99. The van der Waals surface area contributed by atoms with E-state index in [-0.39, 0.29) is 23.6 Å². The molecule has 1 unspecified atom stereocenters. The molecule has 0 radical (unpaired) electrons. The molecule has 1 aromatic heterocycles. The van der Waals surface area contributed by atoms with Gasteiger partial charge in [0.2, 0.25) is 0 Å². The number of nitrogens with zero attached hydrogens (tertiary/aromatic N) is 1. The van der Waals surface area contributed by atoms with E-state index >= 15 is 0 Å². The second-order valence-electron chi connectivity index (χ2n) is 8.54. The van der Waals surface area contributed by atoms with Gasteiger partial charge in [0.1, 0.15) is 5.60 Å². The highest BCUT2D eigenvalue weighted by Gasteiger charge is 2.28. The Bertz CT molecular complexity index is 918. The van der Waals surface area contributed by atoms with Gasteiger partial charge in [-0.25, -0.2) is 4.79 Å². The Hall–Kier alpha value is -3.29. The number of hydrogen-bond acceptors (Lipinski definition) is 5. The van der Waals surface area contributed by atoms with Crippen LogP contribution >= 0.6 is 0 Å². The van der Waals surface area contributed by atoms with Crippen LogP contribution in [0.4, 0.5) is 10.5 Å². The maximum absolute atomic E-state index is 13.2. The number of rotatable bonds is 5. The number of piperidine rings is 1. The topological polar surface area (TPSA) is 101 Å². The molecular formula is C23H29N3O5. The van der Waals surface area contributed by atoms with E-state index in [0.717, 1.165) is 19.3 Å². The smallest absolute Gasteiger partial charge is 0.407 e. The molecule has 0 bridgehead atoms. The molecule has 8 heteroatoms. The summed E-state index contributed by atoms with van der Waals surface area (Å²) in [4.78, 5) is 39.2. The molecule has 0 saturated carbocycles. The number of anilines is 1. The zero-order chi connectivity index (χ0) is 22.4. The van der Waals surface area contributed by atoms with Crippen molar-refractivity contribution in [2.24, 2.45) is 0 Å². The summed E-state index contributed by atoms with van der Waals surface area (Å²) in [6.07, 6.45) is 3.63. The van der Waals surface area contributed by atoms with Gasteiger partial charge in [0.05, 0.1) is 6.26 Å². The van der Waals surface area contributed by atoms with Crippen molar-refractivity contribution in [2.45, 2.75) is 51.7 Å². The summed E-state index contributed by atoms with van der Waals surface area (Å²) in [7, 11) is 0. The molecule has 1 aliphatic heterocycles. The van der Waals surface area contributed by atoms with Gasteiger partial charge in [0.25, 0.3) is 11.8 Å². The molecule has 0 aliphatic carbocycles. The highest BCUT2D eigenvalue weighted by Crippen LogP contribution is 2.21. The van der Waals surface area contributed by atoms with E-state index in [1.807, 2.05) is 0 Å². The molecule has 1 fully saturated rings. The first-order valence-electron chi connectivity index (χ1n) is 10.5. The zero-order valence-corrected chi connectivity index (χ0v) is 18.1. The summed E-state index contributed by atoms with van der Waals surface area (Å²) in [5, 5.41) is 5.51. The van der Waals surface area contributed by atoms with Gasteiger partial charge < -0.3 is 24.7 Å². The number of carbonyl (C=O) groups excluding carboxylic acids is 3. The second-order valence-corrected chi connectivity index (χ2v) is 8.54. The van der Waals surface area contributed by atoms with E-state index in [2.05, 4.69) is 10.6 Å². The maximum Gasteiger partial charge on any atom is 0.407 e. The van der Waals surface area contributed by atoms with Crippen LogP contribution in [0.2, 0.25) is 0 Å². The van der Waals surface area contributed by atoms with Gasteiger partial charge in [0.15, 0.2) is 5.76 Å². The zero-order valence-electron chi connectivity index (χ0n) is 18.1. The number of nitrogens with one attached hydrogen (secondary N) is 2. The van der Waals surface area contributed by atoms with Crippen LogP contribution in [0.15, 0.2) is 47.1 Å². The predicted molar refractivity (Wildman–Crippen MR) is 116 cm³/mol. The molecule has 3 rings (SSSR count). The van der Waals surface area contributed by atoms with Gasteiger partial charge in [-0.05, 0) is 70.4 Å². The largest absolute Gasteiger partial charge is 0.459 e. The third kappa shape index (κ3) is 6.34. The quantitative estimate of drug-likeness (QED) is 0.750. The fourth-order valence-electron chi connectivity index (χ4n) is 3.49. The highest BCUT2D eigenvalue weighted by molar-refractivity contribution is 6.03. The van der Waals surface area contributed by atoms with E-state index in [0.29, 0.717) is 24.3 Å². The molecule has 0 spiro atoms. The summed E-state index contributed by atoms with van der Waals surface area (Å²) >= 11 is 0. The van der Waals surface area contributed by atoms with E-state index < -0.39 is 11.7 Å². The van der Waals surface area contributed by atoms with Gasteiger partial charge in [-0.2, -0.15) is 0 Å². The Labute approximate surface area is 181 Å². The normalized spacial score (nSPS) is 16.5. The average molecular weight is 428 g/mol. The van der Waals surface area contributed by atoms with E-state index in [1.54, 1.807) is 62.1 Å². The number of furan rings is 1. The SMILES string of the molecule is CC(C)(C)OC(=O)NCC1CCCCN1C(=O)c1cccc(NC(=O)c2ccco2)c1. The van der Waals surface area contributed by atoms with Crippen molar-refractivity contribution in [3.63, 3.8) is 0 Å². The number of likely N-dealkylation sites (tertiary alicyclic amines) is 1. The Morgan fingerprint density at radius 2 is 1.97 bits per heavy atom. The first-order chi connectivity index (χ1) is 14.7. The van der Waals surface area contributed by atoms with Gasteiger partial charge in [0, 0.05) is 30.4 Å². The standard InChI is InChI=1S/C23H29N3O5/c1-23(2,3)31-22(29)24-15-18-10-4-5-12-26(18)21(28)16-8-6-9-17(14-16)25-20(27)19-11-7-13-30-19/h6-9,11,13-14,18H,4-5,10,12,15H2,1-3H3,(H,24,29)(H,25,27). The first kappa shape index (κ1) is 22.4. The first-order valence-corrected chi connectivity index (χ1v) is 10.5. The number of carbonyl (C=O) groups is 3. The van der Waals surface area contributed by atoms with Crippen LogP contribution in [-0.4, -0.2) is 47.5 Å². The van der Waals surface area contributed by atoms with E-state index in [1.165, 1.54) is 6.26 Å². The van der Waals surface area contributed by atoms with Crippen molar-refractivity contribution in [1.82, 2.24) is 10.2 Å². The average Bonchev–Trinajstić information content (AvgIpc) is 3.26. The van der Waals surface area contributed by atoms with Crippen molar-refractivity contribution in [3.05, 3.63) is 54.0 Å². The van der Waals surface area contributed by atoms with Gasteiger partial charge in [-0.15, -0.1) is 0 Å². The number of amides is 3. The van der Waals surface area contributed by atoms with Gasteiger partial charge >= 0.3 is 6.09 Å². The third-order valence-electron chi connectivity index (χ3n) is 4.88. The molecule has 2 heterocycles. The Morgan fingerprint density at radius 3 is 2.68 bits per heavy atom. The van der Waals surface area contributed by atoms with Crippen LogP contribution in [-0.2, 0) is 4.74 Å². The third-order valence-corrected chi connectivity index (χ3v) is 4.88. The maximum atomic E-state index is 13.2. The van der Waals surface area contributed by atoms with Gasteiger partial charge in [-0.3, -0.25) is 9.59 Å². The molecule has 166 valence electrons. The van der Waals surface area contributed by atoms with Crippen molar-refractivity contribution in [2.75, 3.05) is 18.4 Å². The second kappa shape index (κ2) is 9.68. The molecule has 3 amide bonds. The van der Waals surface area contributed by atoms with Crippen molar-refractivity contribution in [3.8, 4) is 0 Å². The Balaban J connectivity index is 1.65. The molecule has 8 nitrogen and oxygen atoms in total. The number of alkyl carbamates (subject to hydrolysis) is 1. The van der Waals surface area contributed by atoms with E-state index in [4.69, 9.17) is 9.15 Å². The number of ether oxygens (including phenoxy) is 1. The lowest BCUT2D eigenvalue weighted by molar-refractivity contribution is 0.0462. The molecular weight excluding hydrogens is 398 g/mol. The van der Waals surface area contributed by atoms with Crippen molar-refractivity contribution >= 4 is 23.6 Å². The molecule has 1 aliphatic rings. The minimum absolute atomic E-state index is 0.116. The lowest BCUT2D eigenvalue weighted by Crippen LogP contribution is -2.50. The van der Waals surface area contributed by atoms with Crippen molar-refractivity contribution in [1.29, 1.82) is 0 Å². The fourth-order valence-corrected chi connectivity index (χ4v) is 3.49. The Morgan fingerprint density at radius 1 is 1.16 bits per heavy atom. The fraction of sp³-hybridized carbons (Fsp3) is 0.435. The molecule has 2 aromatic rings.